The molecule has 0 unspecified atom stereocenters. The van der Waals surface area contributed by atoms with Crippen LogP contribution in [0.2, 0.25) is 0 Å². The average Bonchev–Trinajstić information content (AvgIpc) is 2.56. The molecule has 8 heteroatoms. The Kier molecular flexibility index (Phi) is 4.39. The zero-order valence-electron chi connectivity index (χ0n) is 12.3. The normalized spacial score (nSPS) is 12.1. The quantitative estimate of drug-likeness (QED) is 0.463. The van der Waals surface area contributed by atoms with Crippen molar-refractivity contribution in [2.45, 2.75) is 0 Å². The van der Waals surface area contributed by atoms with Gasteiger partial charge >= 0.3 is 0 Å². The minimum absolute atomic E-state index is 0.0619. The third-order valence-corrected chi connectivity index (χ3v) is 3.64. The number of halogens is 1. The lowest BCUT2D eigenvalue weighted by molar-refractivity contribution is 0.474. The van der Waals surface area contributed by atoms with E-state index in [1.54, 1.807) is 36.4 Å². The molecule has 1 heterocycles. The van der Waals surface area contributed by atoms with Crippen LogP contribution in [0.1, 0.15) is 5.56 Å². The molecule has 24 heavy (non-hydrogen) atoms. The smallest absolute Gasteiger partial charge is 0.260 e. The number of guanidine groups is 1. The first-order valence-corrected chi connectivity index (χ1v) is 7.68. The Morgan fingerprint density at radius 1 is 1.29 bits per heavy atom. The summed E-state index contributed by atoms with van der Waals surface area (Å²) in [5.74, 6) is 0.0200. The first-order chi connectivity index (χ1) is 11.5. The van der Waals surface area contributed by atoms with Gasteiger partial charge in [0.05, 0.1) is 10.9 Å². The molecule has 0 saturated carbocycles. The topological polar surface area (TPSA) is 117 Å². The summed E-state index contributed by atoms with van der Waals surface area (Å²) in [6, 6.07) is 11.8. The van der Waals surface area contributed by atoms with Crippen molar-refractivity contribution in [3.05, 3.63) is 62.9 Å². The van der Waals surface area contributed by atoms with Gasteiger partial charge in [-0.25, -0.2) is 9.98 Å². The summed E-state index contributed by atoms with van der Waals surface area (Å²) in [7, 11) is 0. The molecule has 7 nitrogen and oxygen atoms in total. The van der Waals surface area contributed by atoms with Gasteiger partial charge in [0.2, 0.25) is 11.9 Å². The number of hydrogen-bond acceptors (Lipinski definition) is 4. The lowest BCUT2D eigenvalue weighted by atomic mass is 10.2. The Morgan fingerprint density at radius 3 is 2.92 bits per heavy atom. The van der Waals surface area contributed by atoms with Crippen LogP contribution in [0, 0.1) is 0 Å². The first-order valence-electron chi connectivity index (χ1n) is 6.89. The van der Waals surface area contributed by atoms with E-state index in [-0.39, 0.29) is 23.2 Å². The van der Waals surface area contributed by atoms with Crippen LogP contribution in [-0.4, -0.2) is 27.2 Å². The van der Waals surface area contributed by atoms with Crippen LogP contribution >= 0.6 is 15.9 Å². The molecule has 0 aliphatic rings. The van der Waals surface area contributed by atoms with E-state index in [0.29, 0.717) is 16.5 Å². The molecule has 120 valence electrons. The number of nitrogens with two attached hydrogens (primary N) is 1. The molecule has 0 amide bonds. The van der Waals surface area contributed by atoms with Gasteiger partial charge in [-0.2, -0.15) is 4.99 Å². The van der Waals surface area contributed by atoms with E-state index in [1.807, 2.05) is 0 Å². The third kappa shape index (κ3) is 3.49. The van der Waals surface area contributed by atoms with Crippen molar-refractivity contribution in [1.82, 2.24) is 9.97 Å². The number of aliphatic imine (C=N–C) groups is 2. The van der Waals surface area contributed by atoms with Crippen molar-refractivity contribution in [3.8, 4) is 5.75 Å². The van der Waals surface area contributed by atoms with Crippen LogP contribution in [0.4, 0.5) is 5.95 Å². The number of nitrogens with one attached hydrogen (secondary N) is 1. The van der Waals surface area contributed by atoms with Crippen molar-refractivity contribution >= 4 is 45.0 Å². The number of aromatic amines is 1. The third-order valence-electron chi connectivity index (χ3n) is 3.15. The molecule has 3 aromatic rings. The van der Waals surface area contributed by atoms with Crippen LogP contribution in [0.3, 0.4) is 0 Å². The molecule has 0 aliphatic carbocycles. The Morgan fingerprint density at radius 2 is 2.08 bits per heavy atom. The van der Waals surface area contributed by atoms with Crippen molar-refractivity contribution in [3.63, 3.8) is 0 Å². The molecule has 0 spiro atoms. The highest BCUT2D eigenvalue weighted by Crippen LogP contribution is 2.20. The van der Waals surface area contributed by atoms with Crippen molar-refractivity contribution in [1.29, 1.82) is 0 Å². The maximum atomic E-state index is 12.0. The fourth-order valence-corrected chi connectivity index (χ4v) is 2.41. The summed E-state index contributed by atoms with van der Waals surface area (Å²) in [6.45, 7) is 0. The summed E-state index contributed by atoms with van der Waals surface area (Å²) < 4.78 is 0.790. The minimum atomic E-state index is -0.305. The second-order valence-electron chi connectivity index (χ2n) is 4.84. The standard InChI is InChI=1S/C16H12BrN5O2/c17-10-5-6-13(23)9(7-10)8-19-15(18)22-16-20-12-4-2-1-3-11(12)14(24)21-16/h1-8,23H,(H3,18,20,21,22,24). The summed E-state index contributed by atoms with van der Waals surface area (Å²) in [5.41, 5.74) is 6.42. The Balaban J connectivity index is 1.92. The van der Waals surface area contributed by atoms with Gasteiger partial charge in [0.1, 0.15) is 5.75 Å². The number of benzene rings is 2. The highest BCUT2D eigenvalue weighted by molar-refractivity contribution is 9.10. The monoisotopic (exact) mass is 385 g/mol. The number of rotatable bonds is 2. The van der Waals surface area contributed by atoms with Gasteiger partial charge in [0.25, 0.3) is 5.56 Å². The fraction of sp³-hybridized carbons (Fsp3) is 0. The van der Waals surface area contributed by atoms with E-state index in [1.165, 1.54) is 12.3 Å². The molecule has 0 radical (unpaired) electrons. The molecule has 0 aliphatic heterocycles. The van der Waals surface area contributed by atoms with Gasteiger partial charge in [-0.3, -0.25) is 9.78 Å². The molecule has 2 aromatic carbocycles. The maximum absolute atomic E-state index is 12.0. The number of aromatic nitrogens is 2. The Labute approximate surface area is 144 Å². The molecule has 3 rings (SSSR count). The number of phenolic OH excluding ortho intramolecular Hbond substituents is 1. The fourth-order valence-electron chi connectivity index (χ4n) is 2.03. The van der Waals surface area contributed by atoms with E-state index < -0.39 is 0 Å². The molecule has 1 aromatic heterocycles. The number of para-hydroxylation sites is 1. The van der Waals surface area contributed by atoms with E-state index in [9.17, 15) is 9.90 Å². The van der Waals surface area contributed by atoms with Gasteiger partial charge in [-0.15, -0.1) is 0 Å². The van der Waals surface area contributed by atoms with Gasteiger partial charge in [0.15, 0.2) is 0 Å². The number of nitrogens with zero attached hydrogens (tertiary/aromatic N) is 3. The van der Waals surface area contributed by atoms with Crippen LogP contribution in [0.25, 0.3) is 10.9 Å². The maximum Gasteiger partial charge on any atom is 0.260 e. The van der Waals surface area contributed by atoms with Crippen LogP contribution in [0.15, 0.2) is 61.7 Å². The van der Waals surface area contributed by atoms with Crippen molar-refractivity contribution < 1.29 is 5.11 Å². The number of aromatic hydroxyl groups is 1. The minimum Gasteiger partial charge on any atom is -0.507 e. The molecule has 0 saturated heterocycles. The number of H-pyrrole nitrogens is 1. The predicted octanol–water partition coefficient (Wildman–Crippen LogP) is 2.46. The van der Waals surface area contributed by atoms with Crippen LogP contribution in [-0.2, 0) is 0 Å². The average molecular weight is 386 g/mol. The summed E-state index contributed by atoms with van der Waals surface area (Å²) >= 11 is 3.30. The Hall–Kier alpha value is -3.00. The van der Waals surface area contributed by atoms with Gasteiger partial charge < -0.3 is 10.8 Å². The highest BCUT2D eigenvalue weighted by atomic mass is 79.9. The van der Waals surface area contributed by atoms with Crippen molar-refractivity contribution in [2.24, 2.45) is 15.7 Å². The second-order valence-corrected chi connectivity index (χ2v) is 5.75. The summed E-state index contributed by atoms with van der Waals surface area (Å²) in [4.78, 5) is 26.6. The number of hydrogen-bond donors (Lipinski definition) is 3. The SMILES string of the molecule is N/C(N=Cc1cc(Br)ccc1O)=N\c1nc2ccccc2c(=O)[nH]1. The molecule has 0 atom stereocenters. The molecule has 4 N–H and O–H groups in total. The molecular weight excluding hydrogens is 374 g/mol. The van der Waals surface area contributed by atoms with E-state index in [2.05, 4.69) is 35.9 Å². The largest absolute Gasteiger partial charge is 0.507 e. The molecule has 0 fully saturated rings. The van der Waals surface area contributed by atoms with Crippen LogP contribution in [0.5, 0.6) is 5.75 Å². The lowest BCUT2D eigenvalue weighted by Crippen LogP contribution is -2.11. The van der Waals surface area contributed by atoms with E-state index in [0.717, 1.165) is 4.47 Å². The number of fused-ring (bicyclic) bond motifs is 1. The predicted molar refractivity (Wildman–Crippen MR) is 97.0 cm³/mol. The summed E-state index contributed by atoms with van der Waals surface area (Å²) in [5, 5.41) is 10.2. The highest BCUT2D eigenvalue weighted by Gasteiger charge is 2.03. The van der Waals surface area contributed by atoms with Crippen molar-refractivity contribution in [2.75, 3.05) is 0 Å². The van der Waals surface area contributed by atoms with Gasteiger partial charge in [0, 0.05) is 16.3 Å². The van der Waals surface area contributed by atoms with E-state index >= 15 is 0 Å². The molecular formula is C16H12BrN5O2. The lowest BCUT2D eigenvalue weighted by Gasteiger charge is -2.00. The Bertz CT molecular complexity index is 1030. The van der Waals surface area contributed by atoms with Gasteiger partial charge in [-0.05, 0) is 30.3 Å². The second kappa shape index (κ2) is 6.63. The zero-order chi connectivity index (χ0) is 17.1. The van der Waals surface area contributed by atoms with Gasteiger partial charge in [-0.1, -0.05) is 28.1 Å². The zero-order valence-corrected chi connectivity index (χ0v) is 13.9. The first kappa shape index (κ1) is 15.9. The van der Waals surface area contributed by atoms with E-state index in [4.69, 9.17) is 5.73 Å². The molecule has 0 bridgehead atoms. The summed E-state index contributed by atoms with van der Waals surface area (Å²) in [6.07, 6.45) is 1.37. The van der Waals surface area contributed by atoms with Crippen LogP contribution < -0.4 is 11.3 Å². The number of phenols is 1.